The Morgan fingerprint density at radius 2 is 1.91 bits per heavy atom. The molecule has 2 rings (SSSR count). The van der Waals surface area contributed by atoms with E-state index < -0.39 is 5.91 Å². The Bertz CT molecular complexity index is 1390. The largest absolute Gasteiger partial charge is 2.00 e. The molecule has 2 N–H and O–H groups in total. The molecule has 1 unspecified atom stereocenters. The fraction of sp³-hybridized carbons (Fsp3) is 0.389. The van der Waals surface area contributed by atoms with E-state index in [9.17, 15) is 14.3 Å². The van der Waals surface area contributed by atoms with Crippen LogP contribution in [0.4, 0.5) is 9.52 Å². The van der Waals surface area contributed by atoms with Crippen molar-refractivity contribution in [2.75, 3.05) is 12.4 Å². The standard InChI is InChI=1S/C21H25FN3O2S.C15H23O.U/c1-7-9-10-19(27-6)18(12-22)17(11-15(5)14(3)4)16(8-2)20(26)24-21-25-23-13-28-21;1-5-11(2)12(3)9-10-14-13(4)7-6-8-15(14)16;/h7-12H,1-6H3,(H,24,25,26);9-10,15-16H,3,5-8H2,1-2,4H3;/q2*-1;+2/b9-7-,16-8+,17-11+,18-12?,19-10+;10-9-,12-11?;. The van der Waals surface area contributed by atoms with Gasteiger partial charge in [-0.25, -0.2) is 9.49 Å². The summed E-state index contributed by atoms with van der Waals surface area (Å²) in [7, 11) is 1.46. The number of hydrogen-bond donors (Lipinski definition) is 2. The first kappa shape index (κ1) is 42.3. The second kappa shape index (κ2) is 22.8. The first-order chi connectivity index (χ1) is 20.9. The number of carbonyl (C=O) groups is 1. The molecule has 0 aromatic carbocycles. The molecule has 0 saturated carbocycles. The summed E-state index contributed by atoms with van der Waals surface area (Å²) in [5.74, 6) is -0.133. The monoisotopic (exact) mass is 859 g/mol. The first-order valence-electron chi connectivity index (χ1n) is 14.7. The molecule has 9 heteroatoms. The second-order valence-electron chi connectivity index (χ2n) is 10.5. The number of methoxy groups -OCH3 is 1. The first-order valence-corrected chi connectivity index (χ1v) is 15.6. The number of aliphatic hydroxyl groups is 1. The molecular formula is C36H48FN3O3SU. The fourth-order valence-electron chi connectivity index (χ4n) is 4.09. The maximum atomic E-state index is 14.0. The summed E-state index contributed by atoms with van der Waals surface area (Å²) in [6.07, 6.45) is 16.9. The molecule has 1 aromatic rings. The van der Waals surface area contributed by atoms with Crippen molar-refractivity contribution < 1.29 is 50.1 Å². The Morgan fingerprint density at radius 3 is 2.40 bits per heavy atom. The quantitative estimate of drug-likeness (QED) is 0.100. The SMILES string of the molecule is C/C=C\C=C(\OC)C(=CF)C(=C/C(C)=C(C)C)/C(=C\C)C(=O)Nc1nn[c-]s1.[CH2-]C(/C=C\C1=C(C)CCCC1O)=C(C)CC.[U+2]. The van der Waals surface area contributed by atoms with Crippen molar-refractivity contribution >= 4 is 22.4 Å². The van der Waals surface area contributed by atoms with Crippen LogP contribution in [0.25, 0.3) is 0 Å². The predicted octanol–water partition coefficient (Wildman–Crippen LogP) is 9.43. The van der Waals surface area contributed by atoms with Crippen LogP contribution in [-0.4, -0.2) is 34.4 Å². The minimum Gasteiger partial charge on any atom is -0.496 e. The normalized spacial score (nSPS) is 17.0. The van der Waals surface area contributed by atoms with Crippen LogP contribution in [0, 0.1) is 43.5 Å². The number of halogens is 1. The van der Waals surface area contributed by atoms with Gasteiger partial charge in [-0.1, -0.05) is 66.8 Å². The van der Waals surface area contributed by atoms with Gasteiger partial charge in [0.15, 0.2) is 0 Å². The summed E-state index contributed by atoms with van der Waals surface area (Å²) in [4.78, 5) is 12.8. The van der Waals surface area contributed by atoms with Gasteiger partial charge in [0.2, 0.25) is 5.91 Å². The average Bonchev–Trinajstić information content (AvgIpc) is 3.51. The van der Waals surface area contributed by atoms with Crippen molar-refractivity contribution in [2.24, 2.45) is 0 Å². The predicted molar refractivity (Wildman–Crippen MR) is 182 cm³/mol. The molecule has 1 atom stereocenters. The minimum absolute atomic E-state index is 0. The Kier molecular flexibility index (Phi) is 21.4. The maximum Gasteiger partial charge on any atom is 2.00 e. The maximum absolute atomic E-state index is 14.0. The summed E-state index contributed by atoms with van der Waals surface area (Å²) in [6.45, 7) is 19.7. The number of ether oxygens (including phenoxy) is 1. The van der Waals surface area contributed by atoms with Gasteiger partial charge in [-0.3, -0.25) is 21.2 Å². The third-order valence-electron chi connectivity index (χ3n) is 7.27. The van der Waals surface area contributed by atoms with Crippen LogP contribution in [0.1, 0.15) is 81.1 Å². The number of aromatic nitrogens is 2. The number of hydrogen-bond acceptors (Lipinski definition) is 6. The molecular weight excluding hydrogens is 812 g/mol. The summed E-state index contributed by atoms with van der Waals surface area (Å²) in [5, 5.41) is 20.2. The van der Waals surface area contributed by atoms with E-state index in [2.05, 4.69) is 48.7 Å². The third kappa shape index (κ3) is 14.1. The molecule has 0 saturated heterocycles. The van der Waals surface area contributed by atoms with Crippen molar-refractivity contribution in [1.29, 1.82) is 0 Å². The number of nitrogens with zero attached hydrogens (tertiary/aromatic N) is 2. The average molecular weight is 860 g/mol. The van der Waals surface area contributed by atoms with E-state index in [0.29, 0.717) is 22.8 Å². The Morgan fingerprint density at radius 1 is 1.22 bits per heavy atom. The molecule has 45 heavy (non-hydrogen) atoms. The molecule has 0 bridgehead atoms. The molecule has 1 amide bonds. The van der Waals surface area contributed by atoms with Crippen LogP contribution in [0.5, 0.6) is 0 Å². The molecule has 1 aromatic heterocycles. The molecule has 1 heterocycles. The van der Waals surface area contributed by atoms with Gasteiger partial charge in [-0.15, -0.1) is 6.08 Å². The molecule has 1 aliphatic rings. The van der Waals surface area contributed by atoms with Crippen LogP contribution in [0.15, 0.2) is 105 Å². The third-order valence-corrected chi connectivity index (χ3v) is 7.82. The van der Waals surface area contributed by atoms with Crippen LogP contribution < -0.4 is 5.32 Å². The number of allylic oxidation sites excluding steroid dienone is 12. The van der Waals surface area contributed by atoms with E-state index >= 15 is 0 Å². The topological polar surface area (TPSA) is 84.3 Å². The van der Waals surface area contributed by atoms with E-state index in [1.54, 1.807) is 37.3 Å². The van der Waals surface area contributed by atoms with Gasteiger partial charge in [0.1, 0.15) is 5.76 Å². The van der Waals surface area contributed by atoms with Gasteiger partial charge in [0.05, 0.1) is 30.2 Å². The number of nitrogens with one attached hydrogen (secondary N) is 1. The molecule has 0 radical (unpaired) electrons. The van der Waals surface area contributed by atoms with Crippen LogP contribution in [-0.2, 0) is 9.53 Å². The fourth-order valence-corrected chi connectivity index (χ4v) is 4.48. The smallest absolute Gasteiger partial charge is 0.496 e. The van der Waals surface area contributed by atoms with Gasteiger partial charge < -0.3 is 15.2 Å². The number of amides is 1. The van der Waals surface area contributed by atoms with Crippen molar-refractivity contribution in [1.82, 2.24) is 10.2 Å². The second-order valence-corrected chi connectivity index (χ2v) is 11.3. The van der Waals surface area contributed by atoms with E-state index in [1.807, 2.05) is 39.8 Å². The van der Waals surface area contributed by atoms with Crippen molar-refractivity contribution in [3.05, 3.63) is 117 Å². The van der Waals surface area contributed by atoms with E-state index in [4.69, 9.17) is 4.74 Å². The molecule has 6 nitrogen and oxygen atoms in total. The van der Waals surface area contributed by atoms with Gasteiger partial charge >= 0.3 is 31.1 Å². The molecule has 0 fully saturated rings. The number of anilines is 1. The Balaban J connectivity index is 0.000000967. The number of carbonyl (C=O) groups excluding carboxylic acids is 1. The summed E-state index contributed by atoms with van der Waals surface area (Å²) >= 11 is 1.08. The zero-order valence-electron chi connectivity index (χ0n) is 28.2. The van der Waals surface area contributed by atoms with Gasteiger partial charge in [-0.05, 0) is 72.5 Å². The molecule has 0 aliphatic heterocycles. The van der Waals surface area contributed by atoms with Gasteiger partial charge in [0.25, 0.3) is 0 Å². The van der Waals surface area contributed by atoms with E-state index in [0.717, 1.165) is 59.3 Å². The van der Waals surface area contributed by atoms with Crippen LogP contribution in [0.2, 0.25) is 0 Å². The van der Waals surface area contributed by atoms with Crippen molar-refractivity contribution in [3.8, 4) is 0 Å². The molecule has 242 valence electrons. The van der Waals surface area contributed by atoms with Crippen molar-refractivity contribution in [3.63, 3.8) is 0 Å². The number of rotatable bonds is 11. The van der Waals surface area contributed by atoms with Crippen molar-refractivity contribution in [2.45, 2.75) is 87.2 Å². The van der Waals surface area contributed by atoms with E-state index in [-0.39, 0.29) is 48.4 Å². The Hall–Kier alpha value is -2.70. The van der Waals surface area contributed by atoms with Gasteiger partial charge in [0, 0.05) is 11.1 Å². The summed E-state index contributed by atoms with van der Waals surface area (Å²) in [6, 6.07) is 0. The van der Waals surface area contributed by atoms with Crippen LogP contribution in [0.3, 0.4) is 0 Å². The summed E-state index contributed by atoms with van der Waals surface area (Å²) < 4.78 is 19.4. The zero-order chi connectivity index (χ0) is 33.2. The number of aliphatic hydroxyl groups excluding tert-OH is 1. The van der Waals surface area contributed by atoms with Gasteiger partial charge in [-0.2, -0.15) is 24.1 Å². The van der Waals surface area contributed by atoms with Crippen LogP contribution >= 0.6 is 11.3 Å². The Labute approximate surface area is 297 Å². The minimum atomic E-state index is -0.429. The molecule has 1 aliphatic carbocycles. The van der Waals surface area contributed by atoms with E-state index in [1.165, 1.54) is 18.3 Å². The molecule has 0 spiro atoms. The summed E-state index contributed by atoms with van der Waals surface area (Å²) in [5.41, 5.74) is 10.1. The zero-order valence-corrected chi connectivity index (χ0v) is 33.2.